The first-order valence-electron chi connectivity index (χ1n) is 28.5. The summed E-state index contributed by atoms with van der Waals surface area (Å²) in [6, 6.07) is 75.2. The highest BCUT2D eigenvalue weighted by Crippen LogP contribution is 2.46. The van der Waals surface area contributed by atoms with Crippen LogP contribution >= 0.6 is 22.7 Å². The molecule has 10 aromatic rings. The summed E-state index contributed by atoms with van der Waals surface area (Å²) in [6.45, 7) is 4.76. The van der Waals surface area contributed by atoms with Gasteiger partial charge >= 0.3 is 0 Å². The van der Waals surface area contributed by atoms with Gasteiger partial charge in [-0.25, -0.2) is 0 Å². The predicted molar refractivity (Wildman–Crippen MR) is 365 cm³/mol. The Morgan fingerprint density at radius 2 is 0.701 bits per heavy atom. The first-order valence-corrected chi connectivity index (χ1v) is 30.1. The van der Waals surface area contributed by atoms with E-state index in [-0.39, 0.29) is 0 Å². The zero-order valence-electron chi connectivity index (χ0n) is 50.2. The highest BCUT2D eigenvalue weighted by Gasteiger charge is 2.20. The van der Waals surface area contributed by atoms with Crippen molar-refractivity contribution in [3.8, 4) is 55.4 Å². The van der Waals surface area contributed by atoms with Crippen LogP contribution in [0.2, 0.25) is 0 Å². The van der Waals surface area contributed by atoms with Gasteiger partial charge < -0.3 is 48.0 Å². The summed E-state index contributed by atoms with van der Waals surface area (Å²) in [7, 11) is 10.1. The van der Waals surface area contributed by atoms with E-state index in [2.05, 4.69) is 221 Å². The second-order valence-electron chi connectivity index (χ2n) is 19.8. The Morgan fingerprint density at radius 1 is 0.356 bits per heavy atom. The number of thiophene rings is 2. The fourth-order valence-corrected chi connectivity index (χ4v) is 12.2. The Labute approximate surface area is 519 Å². The van der Waals surface area contributed by atoms with Crippen LogP contribution in [0.25, 0.3) is 20.9 Å². The first-order chi connectivity index (χ1) is 42.7. The van der Waals surface area contributed by atoms with Gasteiger partial charge in [-0.15, -0.1) is 22.7 Å². The molecular formula is C75H70N4O6S2. The molecule has 10 nitrogen and oxygen atoms in total. The Balaban J connectivity index is 0.905. The number of nitrogens with zero attached hydrogens (tertiary/aromatic N) is 4. The van der Waals surface area contributed by atoms with Crippen LogP contribution in [0.1, 0.15) is 13.8 Å². The number of benzene rings is 8. The molecule has 12 heteroatoms. The Bertz CT molecular complexity index is 3870. The molecule has 8 aromatic carbocycles. The van der Waals surface area contributed by atoms with Crippen LogP contribution in [-0.2, 0) is 0 Å². The smallest absolute Gasteiger partial charge is 0.119 e. The third-order valence-electron chi connectivity index (χ3n) is 14.7. The van der Waals surface area contributed by atoms with Crippen molar-refractivity contribution in [2.75, 3.05) is 68.8 Å². The molecule has 438 valence electrons. The Kier molecular flexibility index (Phi) is 20.1. The molecule has 0 spiro atoms. The summed E-state index contributed by atoms with van der Waals surface area (Å²) in [6.07, 6.45) is 17.2. The molecule has 0 saturated heterocycles. The molecule has 2 aromatic heterocycles. The van der Waals surface area contributed by atoms with E-state index in [9.17, 15) is 0 Å². The molecule has 2 heterocycles. The lowest BCUT2D eigenvalue weighted by molar-refractivity contribution is 0.414. The summed E-state index contributed by atoms with van der Waals surface area (Å²) in [4.78, 5) is 11.3. The van der Waals surface area contributed by atoms with Crippen molar-refractivity contribution >= 4 is 78.2 Å². The SMILES string of the molecule is C\C=C/C(=C\C=C\N(c1ccc(OC)cc1)c1ccc(-c2ccc(N(c3ccc(OC)cc3)c3ccc(-c4ccc(N(c5ccc(OC)cc5)c5ccc(OC)cc5)cc4)cc3)s2)s1)C(/C=C\CN(c1ccc(OC)cc1)c1ccc(OC)cc1)=C\C. The summed E-state index contributed by atoms with van der Waals surface area (Å²) in [5, 5.41) is 2.14. The minimum absolute atomic E-state index is 0.635. The Morgan fingerprint density at radius 3 is 1.08 bits per heavy atom. The monoisotopic (exact) mass is 1190 g/mol. The van der Waals surface area contributed by atoms with Crippen LogP contribution < -0.4 is 48.0 Å². The topological polar surface area (TPSA) is 68.3 Å². The van der Waals surface area contributed by atoms with E-state index in [1.165, 1.54) is 0 Å². The second kappa shape index (κ2) is 29.1. The number of allylic oxidation sites excluding steroid dienone is 8. The maximum absolute atomic E-state index is 5.60. The zero-order chi connectivity index (χ0) is 60.5. The van der Waals surface area contributed by atoms with Gasteiger partial charge in [0.15, 0.2) is 0 Å². The summed E-state index contributed by atoms with van der Waals surface area (Å²) in [5.41, 5.74) is 12.6. The van der Waals surface area contributed by atoms with Gasteiger partial charge in [0.25, 0.3) is 0 Å². The molecule has 0 unspecified atom stereocenters. The fourth-order valence-electron chi connectivity index (χ4n) is 10.0. The van der Waals surface area contributed by atoms with Crippen molar-refractivity contribution in [1.29, 1.82) is 0 Å². The standard InChI is InChI=1S/C75H70N4O6S2/c1-9-13-55(54(10-2)14-11-52-76(58-24-36-66(80-3)37-25-58)59-26-38-67(81-4)39-27-59)15-12-53-77(60-28-40-68(82-5)41-29-60)74-50-48-72(86-74)73-49-51-75(87-73)79(65-34-46-71(85-8)47-35-65)64-22-18-57(19-23-64)56-16-20-61(21-17-56)78(62-30-42-69(83-6)43-31-62)63-32-44-70(84-7)45-33-63/h9-51,53H,52H2,1-8H3/b13-9-,14-11-,53-12+,54-10-,55-15+. The Hall–Kier alpha value is -10.1. The number of ether oxygens (including phenoxy) is 6. The summed E-state index contributed by atoms with van der Waals surface area (Å²) >= 11 is 3.50. The molecule has 87 heavy (non-hydrogen) atoms. The van der Waals surface area contributed by atoms with E-state index in [1.807, 2.05) is 79.7 Å². The number of methoxy groups -OCH3 is 6. The number of rotatable bonds is 25. The van der Waals surface area contributed by atoms with Crippen LogP contribution in [-0.4, -0.2) is 49.2 Å². The van der Waals surface area contributed by atoms with E-state index in [4.69, 9.17) is 28.4 Å². The maximum atomic E-state index is 5.60. The molecule has 0 atom stereocenters. The van der Waals surface area contributed by atoms with Gasteiger partial charge in [-0.1, -0.05) is 60.7 Å². The number of hydrogen-bond acceptors (Lipinski definition) is 12. The molecule has 0 amide bonds. The van der Waals surface area contributed by atoms with E-state index < -0.39 is 0 Å². The molecule has 0 fully saturated rings. The van der Waals surface area contributed by atoms with Crippen LogP contribution in [0.15, 0.2) is 278 Å². The van der Waals surface area contributed by atoms with Crippen molar-refractivity contribution in [3.63, 3.8) is 0 Å². The molecule has 0 aliphatic carbocycles. The quantitative estimate of drug-likeness (QED) is 0.0517. The van der Waals surface area contributed by atoms with Crippen LogP contribution in [0, 0.1) is 0 Å². The fraction of sp³-hybridized carbons (Fsp3) is 0.120. The van der Waals surface area contributed by atoms with Crippen molar-refractivity contribution in [2.24, 2.45) is 0 Å². The summed E-state index contributed by atoms with van der Waals surface area (Å²) < 4.78 is 33.1. The highest BCUT2D eigenvalue weighted by atomic mass is 32.1. The van der Waals surface area contributed by atoms with E-state index in [0.717, 1.165) is 122 Å². The lowest BCUT2D eigenvalue weighted by atomic mass is 10.0. The molecule has 0 aliphatic heterocycles. The van der Waals surface area contributed by atoms with Crippen LogP contribution in [0.3, 0.4) is 0 Å². The minimum Gasteiger partial charge on any atom is -0.497 e. The second-order valence-corrected chi connectivity index (χ2v) is 21.9. The third-order valence-corrected chi connectivity index (χ3v) is 17.0. The normalized spacial score (nSPS) is 11.7. The lowest BCUT2D eigenvalue weighted by Crippen LogP contribution is -2.16. The number of anilines is 10. The molecule has 0 aliphatic rings. The van der Waals surface area contributed by atoms with Gasteiger partial charge in [-0.2, -0.15) is 0 Å². The zero-order valence-corrected chi connectivity index (χ0v) is 51.8. The molecule has 0 saturated carbocycles. The van der Waals surface area contributed by atoms with Crippen LogP contribution in [0.4, 0.5) is 55.5 Å². The van der Waals surface area contributed by atoms with Gasteiger partial charge in [0.05, 0.1) is 42.7 Å². The molecular weight excluding hydrogens is 1120 g/mol. The average molecular weight is 1190 g/mol. The summed E-state index contributed by atoms with van der Waals surface area (Å²) in [5.74, 6) is 4.82. The minimum atomic E-state index is 0.635. The largest absolute Gasteiger partial charge is 0.497 e. The van der Waals surface area contributed by atoms with Crippen molar-refractivity contribution < 1.29 is 28.4 Å². The molecule has 0 N–H and O–H groups in total. The molecule has 0 bridgehead atoms. The van der Waals surface area contributed by atoms with Crippen LogP contribution in [0.5, 0.6) is 34.5 Å². The van der Waals surface area contributed by atoms with Gasteiger partial charge in [-0.3, -0.25) is 0 Å². The van der Waals surface area contributed by atoms with Crippen molar-refractivity contribution in [1.82, 2.24) is 0 Å². The first kappa shape index (κ1) is 60.0. The predicted octanol–water partition coefficient (Wildman–Crippen LogP) is 20.6. The van der Waals surface area contributed by atoms with Gasteiger partial charge in [-0.05, 0) is 236 Å². The molecule has 0 radical (unpaired) electrons. The maximum Gasteiger partial charge on any atom is 0.119 e. The van der Waals surface area contributed by atoms with Gasteiger partial charge in [0.1, 0.15) is 44.5 Å². The van der Waals surface area contributed by atoms with Gasteiger partial charge in [0.2, 0.25) is 0 Å². The van der Waals surface area contributed by atoms with E-state index >= 15 is 0 Å². The van der Waals surface area contributed by atoms with Crippen molar-refractivity contribution in [2.45, 2.75) is 13.8 Å². The van der Waals surface area contributed by atoms with Crippen molar-refractivity contribution in [3.05, 3.63) is 278 Å². The van der Waals surface area contributed by atoms with E-state index in [1.54, 1.807) is 65.3 Å². The third kappa shape index (κ3) is 14.5. The molecule has 10 rings (SSSR count). The highest BCUT2D eigenvalue weighted by molar-refractivity contribution is 7.25. The number of hydrogen-bond donors (Lipinski definition) is 0. The average Bonchev–Trinajstić information content (AvgIpc) is 4.17. The van der Waals surface area contributed by atoms with E-state index in [0.29, 0.717) is 6.54 Å². The lowest BCUT2D eigenvalue weighted by Gasteiger charge is -2.26. The van der Waals surface area contributed by atoms with Gasteiger partial charge in [0, 0.05) is 68.0 Å².